The number of imide groups is 1. The Hall–Kier alpha value is -2.02. The number of carbonyl (C=O) groups is 2. The first-order valence-corrected chi connectivity index (χ1v) is 6.86. The lowest BCUT2D eigenvalue weighted by Crippen LogP contribution is -2.30. The molecule has 0 aliphatic heterocycles. The molecular weight excluding hydrogens is 353 g/mol. The molecule has 2 amide bonds. The third kappa shape index (κ3) is 3.79. The van der Waals surface area contributed by atoms with Crippen molar-refractivity contribution in [3.63, 3.8) is 0 Å². The van der Waals surface area contributed by atoms with E-state index in [4.69, 9.17) is 34.8 Å². The fourth-order valence-electron chi connectivity index (χ4n) is 1.61. The summed E-state index contributed by atoms with van der Waals surface area (Å²) in [5.74, 6) is -1.55. The number of benzene rings is 1. The van der Waals surface area contributed by atoms with Gasteiger partial charge in [0.1, 0.15) is 16.0 Å². The first kappa shape index (κ1) is 16.4. The molecule has 0 unspecified atom stereocenters. The van der Waals surface area contributed by atoms with E-state index in [0.717, 1.165) is 0 Å². The molecule has 0 atom stereocenters. The van der Waals surface area contributed by atoms with Crippen LogP contribution in [-0.4, -0.2) is 16.8 Å². The first-order valence-electron chi connectivity index (χ1n) is 5.72. The van der Waals surface area contributed by atoms with E-state index in [-0.39, 0.29) is 32.1 Å². The average Bonchev–Trinajstić information content (AvgIpc) is 2.45. The van der Waals surface area contributed by atoms with Gasteiger partial charge in [-0.1, -0.05) is 34.8 Å². The number of hydrogen-bond acceptors (Lipinski definition) is 5. The number of carbonyl (C=O) groups excluding carboxylic acids is 2. The second kappa shape index (κ2) is 6.83. The minimum atomic E-state index is -0.805. The number of hydrogen-bond donors (Lipinski definition) is 1. The van der Waals surface area contributed by atoms with E-state index >= 15 is 0 Å². The molecular formula is C13H6Cl3N3O3. The quantitative estimate of drug-likeness (QED) is 0.510. The van der Waals surface area contributed by atoms with Crippen molar-refractivity contribution in [2.24, 2.45) is 5.18 Å². The van der Waals surface area contributed by atoms with Crippen molar-refractivity contribution in [3.05, 3.63) is 61.7 Å². The van der Waals surface area contributed by atoms with Crippen LogP contribution in [0.25, 0.3) is 0 Å². The summed E-state index contributed by atoms with van der Waals surface area (Å²) in [5.41, 5.74) is -0.212. The SMILES string of the molecule is O=Nc1cc(Cl)ccc1C(=O)NC(=O)c1cc(Cl)nc(Cl)c1. The van der Waals surface area contributed by atoms with Crippen molar-refractivity contribution < 1.29 is 9.59 Å². The van der Waals surface area contributed by atoms with Crippen LogP contribution in [0.2, 0.25) is 15.3 Å². The third-order valence-electron chi connectivity index (χ3n) is 2.55. The largest absolute Gasteiger partial charge is 0.288 e. The number of nitrogens with one attached hydrogen (secondary N) is 1. The number of halogens is 3. The highest BCUT2D eigenvalue weighted by Gasteiger charge is 2.17. The Labute approximate surface area is 139 Å². The summed E-state index contributed by atoms with van der Waals surface area (Å²) in [6.07, 6.45) is 0. The zero-order valence-corrected chi connectivity index (χ0v) is 12.9. The molecule has 112 valence electrons. The molecule has 1 aromatic carbocycles. The predicted molar refractivity (Wildman–Crippen MR) is 83.0 cm³/mol. The van der Waals surface area contributed by atoms with E-state index in [2.05, 4.69) is 15.5 Å². The average molecular weight is 359 g/mol. The highest BCUT2D eigenvalue weighted by atomic mass is 35.5. The lowest BCUT2D eigenvalue weighted by Gasteiger charge is -2.06. The van der Waals surface area contributed by atoms with Crippen LogP contribution in [-0.2, 0) is 0 Å². The summed E-state index contributed by atoms with van der Waals surface area (Å²) < 4.78 is 0. The zero-order chi connectivity index (χ0) is 16.3. The van der Waals surface area contributed by atoms with Crippen LogP contribution in [0.1, 0.15) is 20.7 Å². The maximum Gasteiger partial charge on any atom is 0.260 e. The zero-order valence-electron chi connectivity index (χ0n) is 10.6. The van der Waals surface area contributed by atoms with Gasteiger partial charge in [-0.05, 0) is 35.5 Å². The lowest BCUT2D eigenvalue weighted by molar-refractivity contribution is 0.0849. The van der Waals surface area contributed by atoms with Crippen LogP contribution in [0, 0.1) is 4.91 Å². The fourth-order valence-corrected chi connectivity index (χ4v) is 2.24. The Morgan fingerprint density at radius 1 is 1.00 bits per heavy atom. The van der Waals surface area contributed by atoms with E-state index in [0.29, 0.717) is 0 Å². The summed E-state index contributed by atoms with van der Waals surface area (Å²) in [6.45, 7) is 0. The summed E-state index contributed by atoms with van der Waals surface area (Å²) in [7, 11) is 0. The Morgan fingerprint density at radius 3 is 2.23 bits per heavy atom. The van der Waals surface area contributed by atoms with E-state index < -0.39 is 11.8 Å². The highest BCUT2D eigenvalue weighted by molar-refractivity contribution is 6.33. The molecule has 1 heterocycles. The van der Waals surface area contributed by atoms with Gasteiger partial charge >= 0.3 is 0 Å². The molecule has 0 fully saturated rings. The minimum absolute atomic E-state index is 0.00633. The van der Waals surface area contributed by atoms with Gasteiger partial charge < -0.3 is 0 Å². The van der Waals surface area contributed by atoms with Crippen molar-refractivity contribution in [2.75, 3.05) is 0 Å². The molecule has 0 spiro atoms. The van der Waals surface area contributed by atoms with Crippen LogP contribution in [0.4, 0.5) is 5.69 Å². The predicted octanol–water partition coefficient (Wildman–Crippen LogP) is 4.01. The molecule has 9 heteroatoms. The van der Waals surface area contributed by atoms with Crippen LogP contribution >= 0.6 is 34.8 Å². The van der Waals surface area contributed by atoms with Crippen molar-refractivity contribution in [1.29, 1.82) is 0 Å². The maximum absolute atomic E-state index is 12.0. The monoisotopic (exact) mass is 357 g/mol. The van der Waals surface area contributed by atoms with Gasteiger partial charge in [-0.25, -0.2) is 4.98 Å². The molecule has 1 N–H and O–H groups in total. The van der Waals surface area contributed by atoms with Crippen molar-refractivity contribution in [3.8, 4) is 0 Å². The van der Waals surface area contributed by atoms with E-state index in [1.54, 1.807) is 0 Å². The summed E-state index contributed by atoms with van der Waals surface area (Å²) in [5, 5.41) is 5.05. The molecule has 6 nitrogen and oxygen atoms in total. The summed E-state index contributed by atoms with van der Waals surface area (Å²) in [4.78, 5) is 38.4. The van der Waals surface area contributed by atoms with Gasteiger partial charge in [-0.3, -0.25) is 14.9 Å². The van der Waals surface area contributed by atoms with Crippen molar-refractivity contribution in [2.45, 2.75) is 0 Å². The molecule has 0 bridgehead atoms. The molecule has 0 aliphatic carbocycles. The van der Waals surface area contributed by atoms with Crippen molar-refractivity contribution in [1.82, 2.24) is 10.3 Å². The molecule has 0 saturated heterocycles. The summed E-state index contributed by atoms with van der Waals surface area (Å²) in [6, 6.07) is 6.39. The second-order valence-corrected chi connectivity index (χ2v) is 5.25. The van der Waals surface area contributed by atoms with Crippen LogP contribution in [0.15, 0.2) is 35.5 Å². The standard InChI is InChI=1S/C13H6Cl3N3O3/c14-7-1-2-8(9(5-7)19-22)13(21)18-12(20)6-3-10(15)17-11(16)4-6/h1-5H,(H,18,20,21). The van der Waals surface area contributed by atoms with Gasteiger partial charge in [0.2, 0.25) is 0 Å². The number of rotatable bonds is 3. The molecule has 2 aromatic rings. The van der Waals surface area contributed by atoms with E-state index in [9.17, 15) is 14.5 Å². The minimum Gasteiger partial charge on any atom is -0.288 e. The third-order valence-corrected chi connectivity index (χ3v) is 3.18. The van der Waals surface area contributed by atoms with Gasteiger partial charge in [0.05, 0.1) is 5.56 Å². The number of aromatic nitrogens is 1. The van der Waals surface area contributed by atoms with Gasteiger partial charge in [-0.2, -0.15) is 0 Å². The topological polar surface area (TPSA) is 88.5 Å². The van der Waals surface area contributed by atoms with Gasteiger partial charge in [0.15, 0.2) is 0 Å². The molecule has 0 radical (unpaired) electrons. The smallest absolute Gasteiger partial charge is 0.260 e. The molecule has 0 aliphatic rings. The van der Waals surface area contributed by atoms with Crippen LogP contribution < -0.4 is 5.32 Å². The first-order chi connectivity index (χ1) is 10.4. The highest BCUT2D eigenvalue weighted by Crippen LogP contribution is 2.23. The van der Waals surface area contributed by atoms with Gasteiger partial charge in [0.25, 0.3) is 11.8 Å². The van der Waals surface area contributed by atoms with E-state index in [1.165, 1.54) is 30.3 Å². The fraction of sp³-hybridized carbons (Fsp3) is 0. The molecule has 2 rings (SSSR count). The number of pyridine rings is 1. The van der Waals surface area contributed by atoms with Gasteiger partial charge in [-0.15, -0.1) is 4.91 Å². The Bertz CT molecular complexity index is 760. The maximum atomic E-state index is 12.0. The Morgan fingerprint density at radius 2 is 1.64 bits per heavy atom. The Kier molecular flexibility index (Phi) is 5.07. The normalized spacial score (nSPS) is 10.1. The second-order valence-electron chi connectivity index (χ2n) is 4.04. The lowest BCUT2D eigenvalue weighted by atomic mass is 10.1. The molecule has 22 heavy (non-hydrogen) atoms. The van der Waals surface area contributed by atoms with E-state index in [1.807, 2.05) is 0 Å². The number of nitrogens with zero attached hydrogens (tertiary/aromatic N) is 2. The number of nitroso groups, excluding NO2 is 1. The Balaban J connectivity index is 2.25. The van der Waals surface area contributed by atoms with Gasteiger partial charge in [0, 0.05) is 10.6 Å². The molecule has 1 aromatic heterocycles. The molecule has 0 saturated carbocycles. The van der Waals surface area contributed by atoms with Crippen molar-refractivity contribution >= 4 is 52.3 Å². The van der Waals surface area contributed by atoms with Crippen LogP contribution in [0.5, 0.6) is 0 Å². The number of amides is 2. The van der Waals surface area contributed by atoms with Crippen LogP contribution in [0.3, 0.4) is 0 Å². The summed E-state index contributed by atoms with van der Waals surface area (Å²) >= 11 is 17.1.